The number of aliphatic hydroxyl groups is 9. The third kappa shape index (κ3) is 19.8. The van der Waals surface area contributed by atoms with Crippen LogP contribution in [-0.4, -0.2) is 230 Å². The van der Waals surface area contributed by atoms with E-state index in [2.05, 4.69) is 6.92 Å². The van der Waals surface area contributed by atoms with E-state index in [0.717, 1.165) is 89.9 Å². The molecule has 0 spiro atoms. The molecule has 0 radical (unpaired) electrons. The summed E-state index contributed by atoms with van der Waals surface area (Å²) in [6, 6.07) is 0. The van der Waals surface area contributed by atoms with E-state index < -0.39 is 184 Å². The topological polar surface area (TPSA) is 353 Å². The van der Waals surface area contributed by atoms with E-state index in [1.54, 1.807) is 20.8 Å². The molecule has 6 aliphatic heterocycles. The Balaban J connectivity index is 1.35. The molecule has 0 aromatic rings. The molecular formula is C61H106O25. The summed E-state index contributed by atoms with van der Waals surface area (Å²) >= 11 is 0. The lowest BCUT2D eigenvalue weighted by Gasteiger charge is -2.51. The van der Waals surface area contributed by atoms with Gasteiger partial charge in [0, 0.05) is 12.8 Å². The normalized spacial score (nSPS) is 42.0. The number of fused-ring (bicyclic) bond motifs is 2. The average molecular weight is 1240 g/mol. The Morgan fingerprint density at radius 2 is 1.06 bits per heavy atom. The summed E-state index contributed by atoms with van der Waals surface area (Å²) < 4.78 is 81.7. The summed E-state index contributed by atoms with van der Waals surface area (Å²) in [5, 5.41) is 102. The van der Waals surface area contributed by atoms with Crippen molar-refractivity contribution in [2.45, 2.75) is 356 Å². The van der Waals surface area contributed by atoms with E-state index in [-0.39, 0.29) is 18.9 Å². The minimum atomic E-state index is -2.01. The lowest BCUT2D eigenvalue weighted by Crippen LogP contribution is -2.68. The number of hydrogen-bond acceptors (Lipinski definition) is 25. The van der Waals surface area contributed by atoms with Gasteiger partial charge in [0.2, 0.25) is 0 Å². The van der Waals surface area contributed by atoms with Crippen molar-refractivity contribution in [1.82, 2.24) is 0 Å². The van der Waals surface area contributed by atoms with Crippen molar-refractivity contribution in [1.29, 1.82) is 0 Å². The molecule has 6 fully saturated rings. The van der Waals surface area contributed by atoms with Crippen molar-refractivity contribution in [3.8, 4) is 0 Å². The molecular weight excluding hydrogens is 1130 g/mol. The van der Waals surface area contributed by atoms with Gasteiger partial charge in [-0.3, -0.25) is 14.4 Å². The molecule has 0 aromatic heterocycles. The first-order valence-electron chi connectivity index (χ1n) is 32.3. The van der Waals surface area contributed by atoms with Crippen molar-refractivity contribution in [3.63, 3.8) is 0 Å². The number of hydrogen-bond donors (Lipinski definition) is 9. The number of carbonyl (C=O) groups is 3. The molecule has 0 amide bonds. The maximum atomic E-state index is 14.3. The fraction of sp³-hybridized carbons (Fsp3) is 0.951. The molecule has 6 heterocycles. The quantitative estimate of drug-likeness (QED) is 0.0401. The summed E-state index contributed by atoms with van der Waals surface area (Å²) in [6.07, 6.45) is -23.1. The molecule has 6 rings (SSSR count). The second-order valence-corrected chi connectivity index (χ2v) is 24.6. The molecule has 0 bridgehead atoms. The Kier molecular flexibility index (Phi) is 30.5. The van der Waals surface area contributed by atoms with E-state index >= 15 is 0 Å². The van der Waals surface area contributed by atoms with Crippen LogP contribution in [0.15, 0.2) is 0 Å². The van der Waals surface area contributed by atoms with Gasteiger partial charge in [0.25, 0.3) is 0 Å². The van der Waals surface area contributed by atoms with Gasteiger partial charge >= 0.3 is 17.9 Å². The molecule has 25 heteroatoms. The highest BCUT2D eigenvalue weighted by molar-refractivity contribution is 5.72. The Labute approximate surface area is 507 Å². The lowest BCUT2D eigenvalue weighted by molar-refractivity contribution is -0.400. The number of esters is 3. The fourth-order valence-electron chi connectivity index (χ4n) is 12.0. The molecule has 0 saturated carbocycles. The third-order valence-electron chi connectivity index (χ3n) is 17.7. The highest BCUT2D eigenvalue weighted by atomic mass is 16.8. The van der Waals surface area contributed by atoms with Gasteiger partial charge in [0.05, 0.1) is 43.0 Å². The number of aliphatic hydroxyl groups excluding tert-OH is 9. The van der Waals surface area contributed by atoms with Gasteiger partial charge in [0.15, 0.2) is 49.8 Å². The van der Waals surface area contributed by atoms with Crippen LogP contribution in [0.4, 0.5) is 0 Å². The van der Waals surface area contributed by atoms with Gasteiger partial charge in [-0.15, -0.1) is 0 Å². The molecule has 9 N–H and O–H groups in total. The Morgan fingerprint density at radius 3 is 1.72 bits per heavy atom. The molecule has 0 aliphatic carbocycles. The van der Waals surface area contributed by atoms with Crippen LogP contribution in [-0.2, 0) is 76.0 Å². The first kappa shape index (κ1) is 72.7. The van der Waals surface area contributed by atoms with Crippen molar-refractivity contribution < 1.29 is 122 Å². The Morgan fingerprint density at radius 1 is 0.500 bits per heavy atom. The standard InChI is InChI=1S/C61H106O25/c1-9-12-13-14-15-16-19-22-26-30-40(64)81-55-54(86-58-46(70)43(67)42(66)38(31-62)79-58)51(84-57-47(71)45(69)49(34(6)75-57)82-56(73)32(4)11-3)36(8)77-61(55)83-50-35(7)76-60-53(48(50)72)80-39(63)29-25-23-20-17-18-21-24-28-37(27-10-2)78-59-52(85-60)44(68)41(65)33(5)74-59/h32-38,41-55,57-62,65-72H,9-31H2,1-8H3. The second kappa shape index (κ2) is 36.0. The maximum absolute atomic E-state index is 14.3. The summed E-state index contributed by atoms with van der Waals surface area (Å²) in [5.41, 5.74) is 0. The summed E-state index contributed by atoms with van der Waals surface area (Å²) in [5.74, 6) is -2.66. The fourth-order valence-corrected chi connectivity index (χ4v) is 12.0. The van der Waals surface area contributed by atoms with E-state index in [9.17, 15) is 60.3 Å². The average Bonchev–Trinajstić information content (AvgIpc) is 0.928. The van der Waals surface area contributed by atoms with Crippen molar-refractivity contribution >= 4 is 17.9 Å². The highest BCUT2D eigenvalue weighted by Gasteiger charge is 2.59. The van der Waals surface area contributed by atoms with Crippen LogP contribution in [0.25, 0.3) is 0 Å². The van der Waals surface area contributed by atoms with Crippen LogP contribution < -0.4 is 0 Å². The van der Waals surface area contributed by atoms with E-state index in [4.69, 9.17) is 61.6 Å². The first-order valence-corrected chi connectivity index (χ1v) is 32.3. The number of rotatable bonds is 23. The Hall–Kier alpha value is -2.35. The third-order valence-corrected chi connectivity index (χ3v) is 17.7. The minimum Gasteiger partial charge on any atom is -0.457 e. The number of ether oxygens (including phenoxy) is 13. The molecule has 27 atom stereocenters. The van der Waals surface area contributed by atoms with Gasteiger partial charge < -0.3 is 108 Å². The van der Waals surface area contributed by atoms with Crippen molar-refractivity contribution in [2.75, 3.05) is 6.61 Å². The number of carbonyl (C=O) groups excluding carboxylic acids is 3. The van der Waals surface area contributed by atoms with Gasteiger partial charge in [-0.2, -0.15) is 0 Å². The lowest BCUT2D eigenvalue weighted by atomic mass is 9.95. The van der Waals surface area contributed by atoms with Crippen LogP contribution in [0.5, 0.6) is 0 Å². The smallest absolute Gasteiger partial charge is 0.309 e. The molecule has 0 aromatic carbocycles. The van der Waals surface area contributed by atoms with Crippen LogP contribution in [0.2, 0.25) is 0 Å². The van der Waals surface area contributed by atoms with Crippen molar-refractivity contribution in [2.24, 2.45) is 5.92 Å². The molecule has 6 saturated heterocycles. The molecule has 86 heavy (non-hydrogen) atoms. The van der Waals surface area contributed by atoms with Gasteiger partial charge in [-0.25, -0.2) is 0 Å². The van der Waals surface area contributed by atoms with Gasteiger partial charge in [-0.05, 0) is 59.8 Å². The summed E-state index contributed by atoms with van der Waals surface area (Å²) in [7, 11) is 0. The molecule has 25 nitrogen and oxygen atoms in total. The minimum absolute atomic E-state index is 0.0372. The summed E-state index contributed by atoms with van der Waals surface area (Å²) in [4.78, 5) is 41.1. The zero-order chi connectivity index (χ0) is 62.8. The maximum Gasteiger partial charge on any atom is 0.309 e. The molecule has 6 aliphatic rings. The van der Waals surface area contributed by atoms with Crippen LogP contribution in [0.3, 0.4) is 0 Å². The zero-order valence-corrected chi connectivity index (χ0v) is 51.9. The van der Waals surface area contributed by atoms with Crippen LogP contribution in [0.1, 0.15) is 197 Å². The van der Waals surface area contributed by atoms with Crippen LogP contribution in [0, 0.1) is 5.92 Å². The van der Waals surface area contributed by atoms with E-state index in [0.29, 0.717) is 38.5 Å². The monoisotopic (exact) mass is 1240 g/mol. The highest BCUT2D eigenvalue weighted by Crippen LogP contribution is 2.39. The zero-order valence-electron chi connectivity index (χ0n) is 51.9. The summed E-state index contributed by atoms with van der Waals surface area (Å²) in [6.45, 7) is 12.9. The van der Waals surface area contributed by atoms with E-state index in [1.807, 2.05) is 6.92 Å². The van der Waals surface area contributed by atoms with Gasteiger partial charge in [-0.1, -0.05) is 124 Å². The molecule has 27 unspecified atom stereocenters. The van der Waals surface area contributed by atoms with Crippen LogP contribution >= 0.6 is 0 Å². The first-order chi connectivity index (χ1) is 41.1. The predicted octanol–water partition coefficient (Wildman–Crippen LogP) is 3.52. The number of unbranched alkanes of at least 4 members (excludes halogenated alkanes) is 8. The van der Waals surface area contributed by atoms with Gasteiger partial charge in [0.1, 0.15) is 79.4 Å². The molecule has 500 valence electrons. The SMILES string of the molecule is CCCCCCCCCCCC(=O)OC1C(OC2C(C)OC3OC4C(OC(CCC)CCCCCCCCCC(=O)OC3C2O)OC(C)C(O)C4O)OC(C)C(OC2OC(C)C(OC(=O)C(C)CC)C(O)C2O)C1OC1OC(CO)C(O)C(O)C1O. The largest absolute Gasteiger partial charge is 0.457 e. The van der Waals surface area contributed by atoms with E-state index in [1.165, 1.54) is 20.8 Å². The predicted molar refractivity (Wildman–Crippen MR) is 303 cm³/mol. The van der Waals surface area contributed by atoms with Crippen molar-refractivity contribution in [3.05, 3.63) is 0 Å². The Bertz CT molecular complexity index is 1970. The second-order valence-electron chi connectivity index (χ2n) is 24.6.